The number of hydrogen-bond acceptors (Lipinski definition) is 4. The van der Waals surface area contributed by atoms with Gasteiger partial charge in [0.1, 0.15) is 0 Å². The minimum absolute atomic E-state index is 0.581. The summed E-state index contributed by atoms with van der Waals surface area (Å²) in [7, 11) is 0. The number of halogens is 2. The third kappa shape index (κ3) is 6.92. The zero-order valence-electron chi connectivity index (χ0n) is 21.0. The van der Waals surface area contributed by atoms with Crippen LogP contribution in [0.3, 0.4) is 0 Å². The summed E-state index contributed by atoms with van der Waals surface area (Å²) in [6, 6.07) is 16.9. The first-order chi connectivity index (χ1) is 17.5. The lowest BCUT2D eigenvalue weighted by Gasteiger charge is -2.34. The molecule has 0 amide bonds. The van der Waals surface area contributed by atoms with Crippen LogP contribution >= 0.6 is 34.5 Å². The molecule has 3 heterocycles. The highest BCUT2D eigenvalue weighted by molar-refractivity contribution is 7.08. The minimum Gasteiger partial charge on any atom is -0.376 e. The van der Waals surface area contributed by atoms with E-state index in [1.165, 1.54) is 49.2 Å². The zero-order chi connectivity index (χ0) is 24.9. The van der Waals surface area contributed by atoms with Crippen molar-refractivity contribution >= 4 is 34.5 Å². The van der Waals surface area contributed by atoms with E-state index in [9.17, 15) is 0 Å². The van der Waals surface area contributed by atoms with Crippen molar-refractivity contribution in [1.82, 2.24) is 9.80 Å². The topological polar surface area (TPSA) is 15.7 Å². The average molecular weight is 544 g/mol. The second-order valence-corrected chi connectivity index (χ2v) is 12.2. The van der Waals surface area contributed by atoms with E-state index in [4.69, 9.17) is 27.9 Å². The molecular weight excluding hydrogens is 507 g/mol. The molecule has 36 heavy (non-hydrogen) atoms. The van der Waals surface area contributed by atoms with E-state index in [0.29, 0.717) is 22.8 Å². The highest BCUT2D eigenvalue weighted by atomic mass is 35.5. The fraction of sp³-hybridized carbons (Fsp3) is 0.467. The molecule has 2 aliphatic rings. The van der Waals surface area contributed by atoms with Crippen molar-refractivity contribution in [3.8, 4) is 0 Å². The molecule has 2 fully saturated rings. The maximum atomic E-state index is 6.50. The van der Waals surface area contributed by atoms with Gasteiger partial charge < -0.3 is 9.64 Å². The lowest BCUT2D eigenvalue weighted by molar-refractivity contribution is 0.0542. The first kappa shape index (κ1) is 26.2. The maximum Gasteiger partial charge on any atom is 0.0717 e. The highest BCUT2D eigenvalue weighted by Gasteiger charge is 2.36. The summed E-state index contributed by atoms with van der Waals surface area (Å²) in [5.74, 6) is 1.89. The predicted octanol–water partition coefficient (Wildman–Crippen LogP) is 7.51. The molecule has 5 rings (SSSR count). The Hall–Kier alpha value is -1.40. The predicted molar refractivity (Wildman–Crippen MR) is 152 cm³/mol. The van der Waals surface area contributed by atoms with E-state index in [2.05, 4.69) is 63.9 Å². The molecule has 0 aliphatic carbocycles. The molecule has 192 valence electrons. The number of thiophene rings is 1. The number of likely N-dealkylation sites (tertiary alicyclic amines) is 2. The molecular formula is C30H36Cl2N2OS. The Labute approximate surface area is 230 Å². The molecule has 2 unspecified atom stereocenters. The van der Waals surface area contributed by atoms with E-state index in [1.807, 2.05) is 23.5 Å². The largest absolute Gasteiger partial charge is 0.376 e. The van der Waals surface area contributed by atoms with E-state index in [-0.39, 0.29) is 0 Å². The van der Waals surface area contributed by atoms with Crippen molar-refractivity contribution in [2.75, 3.05) is 39.3 Å². The molecule has 0 radical (unpaired) electrons. The maximum absolute atomic E-state index is 6.50. The number of ether oxygens (including phenoxy) is 1. The summed E-state index contributed by atoms with van der Waals surface area (Å²) in [5.41, 5.74) is 5.22. The van der Waals surface area contributed by atoms with Crippen molar-refractivity contribution in [1.29, 1.82) is 0 Å². The van der Waals surface area contributed by atoms with Gasteiger partial charge in [-0.15, -0.1) is 0 Å². The standard InChI is InChI=1S/C30H36Cl2N2OS/c1-22-2-4-23(5-3-22)19-35-20-24-8-11-33(12-9-24)16-27-17-34(18-29(27)26-10-13-36-21-26)15-25-6-7-28(31)14-30(25)32/h2-7,10,13-14,21,24,27,29H,8-9,11-12,15-20H2,1H3. The molecule has 0 spiro atoms. The van der Waals surface area contributed by atoms with Gasteiger partial charge in [-0.2, -0.15) is 11.3 Å². The first-order valence-electron chi connectivity index (χ1n) is 13.1. The minimum atomic E-state index is 0.581. The number of aryl methyl sites for hydroxylation is 1. The summed E-state index contributed by atoms with van der Waals surface area (Å²) in [6.07, 6.45) is 2.46. The van der Waals surface area contributed by atoms with E-state index in [0.717, 1.165) is 43.4 Å². The summed E-state index contributed by atoms with van der Waals surface area (Å²) in [4.78, 5) is 5.27. The van der Waals surface area contributed by atoms with Crippen LogP contribution in [0.2, 0.25) is 10.0 Å². The molecule has 0 N–H and O–H groups in total. The van der Waals surface area contributed by atoms with Gasteiger partial charge in [0.2, 0.25) is 0 Å². The molecule has 6 heteroatoms. The van der Waals surface area contributed by atoms with Crippen molar-refractivity contribution < 1.29 is 4.74 Å². The van der Waals surface area contributed by atoms with E-state index >= 15 is 0 Å². The molecule has 2 aliphatic heterocycles. The van der Waals surface area contributed by atoms with Crippen LogP contribution in [-0.4, -0.2) is 49.1 Å². The Morgan fingerprint density at radius 2 is 1.78 bits per heavy atom. The van der Waals surface area contributed by atoms with Crippen LogP contribution in [0.5, 0.6) is 0 Å². The van der Waals surface area contributed by atoms with Gasteiger partial charge in [0, 0.05) is 48.7 Å². The Bertz CT molecular complexity index is 1100. The lowest BCUT2D eigenvalue weighted by Crippen LogP contribution is -2.39. The number of piperidine rings is 1. The summed E-state index contributed by atoms with van der Waals surface area (Å²) in [6.45, 7) is 10.3. The molecule has 2 saturated heterocycles. The Morgan fingerprint density at radius 3 is 2.50 bits per heavy atom. The van der Waals surface area contributed by atoms with Crippen molar-refractivity contribution in [2.24, 2.45) is 11.8 Å². The summed E-state index contributed by atoms with van der Waals surface area (Å²) >= 11 is 14.4. The van der Waals surface area contributed by atoms with Gasteiger partial charge in [0.25, 0.3) is 0 Å². The fourth-order valence-corrected chi connectivity index (χ4v) is 6.92. The summed E-state index contributed by atoms with van der Waals surface area (Å²) < 4.78 is 6.08. The quantitative estimate of drug-likeness (QED) is 0.278. The first-order valence-corrected chi connectivity index (χ1v) is 14.8. The van der Waals surface area contributed by atoms with Crippen molar-refractivity contribution in [2.45, 2.75) is 38.8 Å². The van der Waals surface area contributed by atoms with Crippen LogP contribution in [0, 0.1) is 18.8 Å². The SMILES string of the molecule is Cc1ccc(COCC2CCN(CC3CN(Cc4ccc(Cl)cc4Cl)CC3c3ccsc3)CC2)cc1. The molecule has 1 aromatic heterocycles. The smallest absolute Gasteiger partial charge is 0.0717 e. The number of nitrogens with zero attached hydrogens (tertiary/aromatic N) is 2. The Balaban J connectivity index is 1.12. The van der Waals surface area contributed by atoms with Gasteiger partial charge in [-0.05, 0) is 90.3 Å². The monoisotopic (exact) mass is 542 g/mol. The third-order valence-corrected chi connectivity index (χ3v) is 9.13. The molecule has 3 aromatic rings. The molecule has 3 nitrogen and oxygen atoms in total. The second-order valence-electron chi connectivity index (χ2n) is 10.6. The zero-order valence-corrected chi connectivity index (χ0v) is 23.4. The third-order valence-electron chi connectivity index (χ3n) is 7.84. The second kappa shape index (κ2) is 12.4. The summed E-state index contributed by atoms with van der Waals surface area (Å²) in [5, 5.41) is 6.02. The van der Waals surface area contributed by atoms with E-state index < -0.39 is 0 Å². The molecule has 0 saturated carbocycles. The van der Waals surface area contributed by atoms with Gasteiger partial charge in [-0.25, -0.2) is 0 Å². The van der Waals surface area contributed by atoms with Crippen LogP contribution in [0.25, 0.3) is 0 Å². The van der Waals surface area contributed by atoms with Crippen molar-refractivity contribution in [3.05, 3.63) is 91.6 Å². The van der Waals surface area contributed by atoms with E-state index in [1.54, 1.807) is 0 Å². The van der Waals surface area contributed by atoms with Gasteiger partial charge in [-0.3, -0.25) is 4.90 Å². The van der Waals surface area contributed by atoms with Crippen LogP contribution < -0.4 is 0 Å². The number of benzene rings is 2. The number of rotatable bonds is 9. The van der Waals surface area contributed by atoms with Crippen LogP contribution in [0.4, 0.5) is 0 Å². The normalized spacial score (nSPS) is 21.9. The lowest BCUT2D eigenvalue weighted by atomic mass is 9.89. The fourth-order valence-electron chi connectivity index (χ4n) is 5.72. The van der Waals surface area contributed by atoms with Crippen LogP contribution in [-0.2, 0) is 17.9 Å². The van der Waals surface area contributed by atoms with Crippen molar-refractivity contribution in [3.63, 3.8) is 0 Å². The molecule has 0 bridgehead atoms. The Kier molecular flexibility index (Phi) is 9.05. The van der Waals surface area contributed by atoms with Crippen LogP contribution in [0.1, 0.15) is 41.0 Å². The average Bonchev–Trinajstić information content (AvgIpc) is 3.53. The molecule has 2 aromatic carbocycles. The number of hydrogen-bond donors (Lipinski definition) is 0. The molecule has 2 atom stereocenters. The van der Waals surface area contributed by atoms with Gasteiger partial charge in [0.15, 0.2) is 0 Å². The Morgan fingerprint density at radius 1 is 0.972 bits per heavy atom. The van der Waals surface area contributed by atoms with Crippen LogP contribution in [0.15, 0.2) is 59.3 Å². The highest BCUT2D eigenvalue weighted by Crippen LogP contribution is 2.36. The van der Waals surface area contributed by atoms with Gasteiger partial charge in [-0.1, -0.05) is 59.1 Å². The van der Waals surface area contributed by atoms with Gasteiger partial charge in [0.05, 0.1) is 6.61 Å². The van der Waals surface area contributed by atoms with Gasteiger partial charge >= 0.3 is 0 Å².